The Kier molecular flexibility index (Phi) is 5.31. The van der Waals surface area contributed by atoms with Crippen LogP contribution in [0, 0.1) is 10.1 Å². The number of benzene rings is 2. The number of nitro benzene ring substituents is 1. The Hall–Kier alpha value is -3.16. The number of imidazole rings is 1. The summed E-state index contributed by atoms with van der Waals surface area (Å²) in [4.78, 5) is 13.4. The first-order valence-electron chi connectivity index (χ1n) is 6.73. The number of non-ortho nitro benzene ring substituents is 1. The highest BCUT2D eigenvalue weighted by Crippen LogP contribution is 2.29. The summed E-state index contributed by atoms with van der Waals surface area (Å²) in [6.45, 7) is 0. The quantitative estimate of drug-likeness (QED) is 0.512. The highest BCUT2D eigenvalue weighted by atomic mass is 19.4. The van der Waals surface area contributed by atoms with Gasteiger partial charge in [-0.25, -0.2) is 4.98 Å². The third-order valence-corrected chi connectivity index (χ3v) is 2.96. The van der Waals surface area contributed by atoms with Gasteiger partial charge in [-0.2, -0.15) is 13.2 Å². The SMILES string of the molecule is FC(F)(F)c1ccc(-n2ccnc2)cc1.O=[N+]([O-])c1ccccc1. The van der Waals surface area contributed by atoms with Crippen LogP contribution in [0.1, 0.15) is 5.56 Å². The molecule has 8 heteroatoms. The van der Waals surface area contributed by atoms with Crippen LogP contribution in [0.3, 0.4) is 0 Å². The van der Waals surface area contributed by atoms with Crippen molar-refractivity contribution in [3.63, 3.8) is 0 Å². The van der Waals surface area contributed by atoms with Crippen LogP contribution in [0.5, 0.6) is 0 Å². The zero-order valence-electron chi connectivity index (χ0n) is 12.2. The summed E-state index contributed by atoms with van der Waals surface area (Å²) in [5, 5.41) is 10.0. The predicted octanol–water partition coefficient (Wildman–Crippen LogP) is 4.49. The molecular formula is C16H12F3N3O2. The number of halogens is 3. The first kappa shape index (κ1) is 17.2. The van der Waals surface area contributed by atoms with E-state index >= 15 is 0 Å². The van der Waals surface area contributed by atoms with Crippen molar-refractivity contribution in [2.75, 3.05) is 0 Å². The van der Waals surface area contributed by atoms with Gasteiger partial charge in [-0.3, -0.25) is 10.1 Å². The summed E-state index contributed by atoms with van der Waals surface area (Å²) in [7, 11) is 0. The van der Waals surface area contributed by atoms with Crippen molar-refractivity contribution in [3.8, 4) is 5.69 Å². The van der Waals surface area contributed by atoms with Crippen LogP contribution in [-0.4, -0.2) is 14.5 Å². The molecule has 124 valence electrons. The van der Waals surface area contributed by atoms with E-state index in [1.54, 1.807) is 35.2 Å². The highest BCUT2D eigenvalue weighted by Gasteiger charge is 2.29. The number of rotatable bonds is 2. The lowest BCUT2D eigenvalue weighted by molar-refractivity contribution is -0.384. The summed E-state index contributed by atoms with van der Waals surface area (Å²) in [6.07, 6.45) is 0.482. The largest absolute Gasteiger partial charge is 0.416 e. The predicted molar refractivity (Wildman–Crippen MR) is 81.7 cm³/mol. The number of hydrogen-bond acceptors (Lipinski definition) is 3. The van der Waals surface area contributed by atoms with E-state index in [-0.39, 0.29) is 5.69 Å². The zero-order chi connectivity index (χ0) is 17.6. The Morgan fingerprint density at radius 1 is 1.00 bits per heavy atom. The summed E-state index contributed by atoms with van der Waals surface area (Å²) in [6, 6.07) is 12.9. The lowest BCUT2D eigenvalue weighted by Gasteiger charge is -2.07. The summed E-state index contributed by atoms with van der Waals surface area (Å²) >= 11 is 0. The van der Waals surface area contributed by atoms with Crippen LogP contribution in [0.4, 0.5) is 18.9 Å². The van der Waals surface area contributed by atoms with E-state index < -0.39 is 16.7 Å². The molecule has 1 heterocycles. The summed E-state index contributed by atoms with van der Waals surface area (Å²) in [5.41, 5.74) is 0.143. The van der Waals surface area contributed by atoms with E-state index in [4.69, 9.17) is 0 Å². The normalized spacial score (nSPS) is 10.6. The van der Waals surface area contributed by atoms with E-state index in [1.807, 2.05) is 0 Å². The van der Waals surface area contributed by atoms with Gasteiger partial charge >= 0.3 is 6.18 Å². The lowest BCUT2D eigenvalue weighted by atomic mass is 10.2. The molecule has 0 amide bonds. The zero-order valence-corrected chi connectivity index (χ0v) is 12.2. The second-order valence-corrected chi connectivity index (χ2v) is 4.61. The molecule has 0 spiro atoms. The summed E-state index contributed by atoms with van der Waals surface area (Å²) in [5.74, 6) is 0. The van der Waals surface area contributed by atoms with Crippen LogP contribution in [0.15, 0.2) is 73.3 Å². The molecule has 0 aliphatic heterocycles. The topological polar surface area (TPSA) is 61.0 Å². The Bertz CT molecular complexity index is 771. The van der Waals surface area contributed by atoms with Crippen LogP contribution >= 0.6 is 0 Å². The molecule has 0 saturated heterocycles. The molecule has 0 fully saturated rings. The number of nitrogens with zero attached hydrogens (tertiary/aromatic N) is 3. The van der Waals surface area contributed by atoms with Crippen molar-refractivity contribution in [3.05, 3.63) is 89.0 Å². The van der Waals surface area contributed by atoms with Crippen LogP contribution in [0.25, 0.3) is 5.69 Å². The van der Waals surface area contributed by atoms with Gasteiger partial charge in [0.2, 0.25) is 0 Å². The van der Waals surface area contributed by atoms with Gasteiger partial charge in [-0.1, -0.05) is 18.2 Å². The number of hydrogen-bond donors (Lipinski definition) is 0. The van der Waals surface area contributed by atoms with Gasteiger partial charge in [0, 0.05) is 30.2 Å². The van der Waals surface area contributed by atoms with E-state index in [9.17, 15) is 23.3 Å². The highest BCUT2D eigenvalue weighted by molar-refractivity contribution is 5.35. The van der Waals surface area contributed by atoms with Crippen molar-refractivity contribution >= 4 is 5.69 Å². The first-order valence-corrected chi connectivity index (χ1v) is 6.73. The third-order valence-electron chi connectivity index (χ3n) is 2.96. The molecule has 0 bridgehead atoms. The molecule has 0 saturated carbocycles. The number of aromatic nitrogens is 2. The standard InChI is InChI=1S/C10H7F3N2.C6H5NO2/c11-10(12,13)8-1-3-9(4-2-8)15-6-5-14-7-15;8-7(9)6-4-2-1-3-5-6/h1-7H;1-5H. The minimum atomic E-state index is -4.28. The Balaban J connectivity index is 0.000000198. The monoisotopic (exact) mass is 335 g/mol. The molecule has 1 aromatic heterocycles. The maximum absolute atomic E-state index is 12.2. The molecule has 3 aromatic rings. The molecular weight excluding hydrogens is 323 g/mol. The molecule has 0 aliphatic carbocycles. The minimum absolute atomic E-state index is 0.137. The van der Waals surface area contributed by atoms with Gasteiger partial charge in [-0.05, 0) is 24.3 Å². The maximum atomic E-state index is 12.2. The molecule has 2 aromatic carbocycles. The van der Waals surface area contributed by atoms with E-state index in [0.717, 1.165) is 12.1 Å². The van der Waals surface area contributed by atoms with Crippen molar-refractivity contribution in [2.45, 2.75) is 6.18 Å². The molecule has 0 N–H and O–H groups in total. The van der Waals surface area contributed by atoms with Crippen molar-refractivity contribution in [2.24, 2.45) is 0 Å². The van der Waals surface area contributed by atoms with Gasteiger partial charge in [0.05, 0.1) is 16.8 Å². The fourth-order valence-electron chi connectivity index (χ4n) is 1.78. The Labute approximate surface area is 135 Å². The third kappa shape index (κ3) is 4.67. The molecule has 3 rings (SSSR count). The van der Waals surface area contributed by atoms with Gasteiger partial charge in [0.25, 0.3) is 5.69 Å². The molecule has 5 nitrogen and oxygen atoms in total. The van der Waals surface area contributed by atoms with Crippen LogP contribution in [-0.2, 0) is 6.18 Å². The van der Waals surface area contributed by atoms with E-state index in [1.165, 1.54) is 30.6 Å². The molecule has 0 unspecified atom stereocenters. The van der Waals surface area contributed by atoms with Crippen molar-refractivity contribution in [1.29, 1.82) is 0 Å². The average molecular weight is 335 g/mol. The van der Waals surface area contributed by atoms with Crippen LogP contribution in [0.2, 0.25) is 0 Å². The minimum Gasteiger partial charge on any atom is -0.306 e. The average Bonchev–Trinajstić information content (AvgIpc) is 3.10. The van der Waals surface area contributed by atoms with Crippen molar-refractivity contribution in [1.82, 2.24) is 9.55 Å². The lowest BCUT2D eigenvalue weighted by Crippen LogP contribution is -2.04. The number of nitro groups is 1. The number of alkyl halides is 3. The second-order valence-electron chi connectivity index (χ2n) is 4.61. The van der Waals surface area contributed by atoms with Gasteiger partial charge in [-0.15, -0.1) is 0 Å². The molecule has 24 heavy (non-hydrogen) atoms. The van der Waals surface area contributed by atoms with Gasteiger partial charge < -0.3 is 4.57 Å². The Morgan fingerprint density at radius 3 is 2.04 bits per heavy atom. The fourth-order valence-corrected chi connectivity index (χ4v) is 1.78. The van der Waals surface area contributed by atoms with Gasteiger partial charge in [0.1, 0.15) is 0 Å². The number of para-hydroxylation sites is 1. The second kappa shape index (κ2) is 7.40. The fraction of sp³-hybridized carbons (Fsp3) is 0.0625. The maximum Gasteiger partial charge on any atom is 0.416 e. The smallest absolute Gasteiger partial charge is 0.306 e. The van der Waals surface area contributed by atoms with Crippen molar-refractivity contribution < 1.29 is 18.1 Å². The van der Waals surface area contributed by atoms with E-state index in [2.05, 4.69) is 4.98 Å². The molecule has 0 radical (unpaired) electrons. The van der Waals surface area contributed by atoms with E-state index in [0.29, 0.717) is 5.69 Å². The summed E-state index contributed by atoms with van der Waals surface area (Å²) < 4.78 is 38.4. The molecule has 0 aliphatic rings. The Morgan fingerprint density at radius 2 is 1.62 bits per heavy atom. The van der Waals surface area contributed by atoms with Crippen LogP contribution < -0.4 is 0 Å². The molecule has 0 atom stereocenters. The van der Waals surface area contributed by atoms with Gasteiger partial charge in [0.15, 0.2) is 0 Å². The first-order chi connectivity index (χ1) is 11.4.